The smallest absolute Gasteiger partial charge is 0.418 e. The van der Waals surface area contributed by atoms with Crippen molar-refractivity contribution >= 4 is 45.6 Å². The lowest BCUT2D eigenvalue weighted by molar-refractivity contribution is -0.139. The molecule has 0 spiro atoms. The van der Waals surface area contributed by atoms with Crippen molar-refractivity contribution in [1.29, 1.82) is 0 Å². The van der Waals surface area contributed by atoms with Gasteiger partial charge in [-0.3, -0.25) is 14.4 Å². The number of anilines is 1. The molecule has 0 saturated carbocycles. The molecule has 0 unspecified atom stereocenters. The van der Waals surface area contributed by atoms with Crippen molar-refractivity contribution < 1.29 is 37.0 Å². The van der Waals surface area contributed by atoms with Crippen LogP contribution < -0.4 is 25.5 Å². The Bertz CT molecular complexity index is 1480. The third kappa shape index (κ3) is 9.84. The Morgan fingerprint density at radius 1 is 1.00 bits per heavy atom. The van der Waals surface area contributed by atoms with Crippen LogP contribution in [0.4, 0.5) is 18.9 Å². The van der Waals surface area contributed by atoms with Crippen molar-refractivity contribution in [1.82, 2.24) is 10.7 Å². The highest BCUT2D eigenvalue weighted by atomic mass is 79.9. The summed E-state index contributed by atoms with van der Waals surface area (Å²) >= 11 is 3.32. The number of hydrogen-bond donors (Lipinski definition) is 3. The number of carbonyl (C=O) groups is 3. The normalized spacial score (nSPS) is 11.3. The zero-order valence-corrected chi connectivity index (χ0v) is 25.1. The zero-order valence-electron chi connectivity index (χ0n) is 23.5. The number of nitrogens with one attached hydrogen (secondary N) is 3. The van der Waals surface area contributed by atoms with Gasteiger partial charge < -0.3 is 20.1 Å². The maximum absolute atomic E-state index is 13.2. The van der Waals surface area contributed by atoms with E-state index in [-0.39, 0.29) is 24.7 Å². The van der Waals surface area contributed by atoms with Gasteiger partial charge >= 0.3 is 18.0 Å². The van der Waals surface area contributed by atoms with E-state index < -0.39 is 41.8 Å². The number of halogens is 4. The third-order valence-electron chi connectivity index (χ3n) is 5.87. The second-order valence-electron chi connectivity index (χ2n) is 9.42. The van der Waals surface area contributed by atoms with E-state index in [0.717, 1.165) is 23.3 Å². The molecule has 0 saturated heterocycles. The Kier molecular flexibility index (Phi) is 11.7. The Morgan fingerprint density at radius 3 is 2.35 bits per heavy atom. The summed E-state index contributed by atoms with van der Waals surface area (Å²) in [4.78, 5) is 36.7. The molecule has 0 aliphatic rings. The van der Waals surface area contributed by atoms with Gasteiger partial charge in [-0.2, -0.15) is 18.3 Å². The van der Waals surface area contributed by atoms with Gasteiger partial charge in [-0.15, -0.1) is 0 Å². The first kappa shape index (κ1) is 33.1. The number of carbonyl (C=O) groups excluding carboxylic acids is 3. The average Bonchev–Trinajstić information content (AvgIpc) is 2.95. The summed E-state index contributed by atoms with van der Waals surface area (Å²) in [6.45, 7) is 5.67. The van der Waals surface area contributed by atoms with E-state index in [1.807, 2.05) is 24.3 Å². The fourth-order valence-electron chi connectivity index (χ4n) is 3.73. The summed E-state index contributed by atoms with van der Waals surface area (Å²) in [5.41, 5.74) is 3.22. The van der Waals surface area contributed by atoms with Crippen LogP contribution in [0.25, 0.3) is 0 Å². The molecule has 0 fully saturated rings. The van der Waals surface area contributed by atoms with E-state index in [9.17, 15) is 27.6 Å². The van der Waals surface area contributed by atoms with E-state index >= 15 is 0 Å². The lowest BCUT2D eigenvalue weighted by atomic mass is 10.0. The summed E-state index contributed by atoms with van der Waals surface area (Å²) in [7, 11) is 0. The summed E-state index contributed by atoms with van der Waals surface area (Å²) in [6, 6.07) is 15.4. The van der Waals surface area contributed by atoms with Gasteiger partial charge in [-0.1, -0.05) is 50.2 Å². The molecule has 3 aromatic rings. The fourth-order valence-corrected chi connectivity index (χ4v) is 4.30. The van der Waals surface area contributed by atoms with E-state index in [1.54, 1.807) is 13.0 Å². The molecule has 3 N–H and O–H groups in total. The lowest BCUT2D eigenvalue weighted by Crippen LogP contribution is -2.37. The van der Waals surface area contributed by atoms with Crippen molar-refractivity contribution in [3.05, 3.63) is 87.4 Å². The van der Waals surface area contributed by atoms with Crippen LogP contribution in [-0.2, 0) is 27.1 Å². The average molecular weight is 663 g/mol. The number of amides is 3. The van der Waals surface area contributed by atoms with Crippen LogP contribution in [0.15, 0.2) is 70.2 Å². The Hall–Kier alpha value is -4.39. The molecule has 3 amide bonds. The molecule has 0 atom stereocenters. The standard InChI is InChI=1S/C30H30BrF3N4O5/c1-4-42-25-14-20(16-36-38-29(41)28(40)35-15-19-9-11-21(12-10-19)18(2)3)13-23(31)27(25)43-17-26(39)37-24-8-6-5-7-22(24)30(32,33)34/h5-14,16,18H,4,15,17H2,1-3H3,(H,35,40)(H,37,39)(H,38,41)/b36-16-. The summed E-state index contributed by atoms with van der Waals surface area (Å²) in [5, 5.41) is 8.55. The maximum Gasteiger partial charge on any atom is 0.418 e. The van der Waals surface area contributed by atoms with Gasteiger partial charge in [0.05, 0.1) is 28.5 Å². The molecule has 0 bridgehead atoms. The fraction of sp³-hybridized carbons (Fsp3) is 0.267. The van der Waals surface area contributed by atoms with Crippen molar-refractivity contribution in [3.63, 3.8) is 0 Å². The molecule has 3 rings (SSSR count). The third-order valence-corrected chi connectivity index (χ3v) is 6.46. The van der Waals surface area contributed by atoms with Crippen molar-refractivity contribution in [2.45, 2.75) is 39.4 Å². The van der Waals surface area contributed by atoms with Crippen LogP contribution in [0.3, 0.4) is 0 Å². The first-order chi connectivity index (χ1) is 20.4. The molecule has 0 aliphatic heterocycles. The topological polar surface area (TPSA) is 118 Å². The first-order valence-corrected chi connectivity index (χ1v) is 13.9. The number of hydrazone groups is 1. The van der Waals surface area contributed by atoms with Gasteiger partial charge in [-0.05, 0) is 69.7 Å². The lowest BCUT2D eigenvalue weighted by Gasteiger charge is -2.16. The van der Waals surface area contributed by atoms with E-state index in [1.165, 1.54) is 24.4 Å². The number of rotatable bonds is 11. The number of hydrogen-bond acceptors (Lipinski definition) is 6. The predicted octanol–water partition coefficient (Wildman–Crippen LogP) is 5.77. The molecule has 9 nitrogen and oxygen atoms in total. The highest BCUT2D eigenvalue weighted by Gasteiger charge is 2.33. The van der Waals surface area contributed by atoms with E-state index in [0.29, 0.717) is 16.0 Å². The van der Waals surface area contributed by atoms with Crippen LogP contribution in [0.5, 0.6) is 11.5 Å². The number of para-hydroxylation sites is 1. The maximum atomic E-state index is 13.2. The van der Waals surface area contributed by atoms with Crippen LogP contribution in [0.1, 0.15) is 48.9 Å². The molecule has 43 heavy (non-hydrogen) atoms. The molecule has 0 aromatic heterocycles. The molecule has 0 heterocycles. The Labute approximate surface area is 255 Å². The molecular weight excluding hydrogens is 633 g/mol. The van der Waals surface area contributed by atoms with Gasteiger partial charge in [0.2, 0.25) is 0 Å². The number of alkyl halides is 3. The van der Waals surface area contributed by atoms with Gasteiger partial charge in [-0.25, -0.2) is 5.43 Å². The minimum atomic E-state index is -4.64. The number of benzene rings is 3. The number of ether oxygens (including phenoxy) is 2. The zero-order chi connectivity index (χ0) is 31.6. The SMILES string of the molecule is CCOc1cc(/C=N\NC(=O)C(=O)NCc2ccc(C(C)C)cc2)cc(Br)c1OCC(=O)Nc1ccccc1C(F)(F)F. The van der Waals surface area contributed by atoms with Crippen LogP contribution in [0.2, 0.25) is 0 Å². The monoisotopic (exact) mass is 662 g/mol. The van der Waals surface area contributed by atoms with Crippen LogP contribution >= 0.6 is 15.9 Å². The Balaban J connectivity index is 1.58. The van der Waals surface area contributed by atoms with Gasteiger partial charge in [0.15, 0.2) is 18.1 Å². The van der Waals surface area contributed by atoms with Crippen molar-refractivity contribution in [3.8, 4) is 11.5 Å². The highest BCUT2D eigenvalue weighted by molar-refractivity contribution is 9.10. The molecule has 13 heteroatoms. The molecule has 228 valence electrons. The minimum absolute atomic E-state index is 0.128. The van der Waals surface area contributed by atoms with Crippen molar-refractivity contribution in [2.24, 2.45) is 5.10 Å². The van der Waals surface area contributed by atoms with Crippen LogP contribution in [-0.4, -0.2) is 37.1 Å². The minimum Gasteiger partial charge on any atom is -0.490 e. The Morgan fingerprint density at radius 2 is 1.70 bits per heavy atom. The van der Waals surface area contributed by atoms with E-state index in [2.05, 4.69) is 50.9 Å². The first-order valence-electron chi connectivity index (χ1n) is 13.1. The number of nitrogens with zero attached hydrogens (tertiary/aromatic N) is 1. The van der Waals surface area contributed by atoms with Gasteiger partial charge in [0, 0.05) is 6.54 Å². The van der Waals surface area contributed by atoms with Gasteiger partial charge in [0.25, 0.3) is 5.91 Å². The molecule has 0 radical (unpaired) electrons. The van der Waals surface area contributed by atoms with E-state index in [4.69, 9.17) is 9.47 Å². The molecule has 0 aliphatic carbocycles. The highest BCUT2D eigenvalue weighted by Crippen LogP contribution is 2.37. The summed E-state index contributed by atoms with van der Waals surface area (Å²) in [6.07, 6.45) is -3.37. The second kappa shape index (κ2) is 15.2. The quantitative estimate of drug-likeness (QED) is 0.137. The largest absolute Gasteiger partial charge is 0.490 e. The van der Waals surface area contributed by atoms with Crippen molar-refractivity contribution in [2.75, 3.05) is 18.5 Å². The van der Waals surface area contributed by atoms with Gasteiger partial charge in [0.1, 0.15) is 0 Å². The second-order valence-corrected chi connectivity index (χ2v) is 10.3. The van der Waals surface area contributed by atoms with Crippen LogP contribution in [0, 0.1) is 0 Å². The summed E-state index contributed by atoms with van der Waals surface area (Å²) < 4.78 is 51.2. The summed E-state index contributed by atoms with van der Waals surface area (Å²) in [5.74, 6) is -1.92. The molecular formula is C30H30BrF3N4O5. The predicted molar refractivity (Wildman–Crippen MR) is 159 cm³/mol. The molecule has 3 aromatic carbocycles.